The summed E-state index contributed by atoms with van der Waals surface area (Å²) in [4.78, 5) is 12.7. The van der Waals surface area contributed by atoms with Gasteiger partial charge in [-0.1, -0.05) is 18.2 Å². The maximum atomic E-state index is 12.7. The van der Waals surface area contributed by atoms with Crippen LogP contribution in [0.15, 0.2) is 45.6 Å². The molecule has 0 amide bonds. The number of rotatable bonds is 0. The molecule has 0 fully saturated rings. The fourth-order valence-electron chi connectivity index (χ4n) is 2.76. The van der Waals surface area contributed by atoms with E-state index in [1.165, 1.54) is 6.07 Å². The molecule has 0 bridgehead atoms. The van der Waals surface area contributed by atoms with Crippen LogP contribution in [0.5, 0.6) is 11.5 Å². The first kappa shape index (κ1) is 13.0. The molecule has 0 saturated carbocycles. The summed E-state index contributed by atoms with van der Waals surface area (Å²) in [6.07, 6.45) is 3.93. The first-order valence-corrected chi connectivity index (χ1v) is 7.06. The summed E-state index contributed by atoms with van der Waals surface area (Å²) >= 11 is 0. The van der Waals surface area contributed by atoms with Gasteiger partial charge in [-0.15, -0.1) is 0 Å². The Morgan fingerprint density at radius 2 is 1.95 bits per heavy atom. The Morgan fingerprint density at radius 1 is 1.14 bits per heavy atom. The van der Waals surface area contributed by atoms with Crippen molar-refractivity contribution in [2.24, 2.45) is 0 Å². The Balaban J connectivity index is 2.18. The molecule has 0 spiro atoms. The van der Waals surface area contributed by atoms with Gasteiger partial charge in [0.05, 0.1) is 5.39 Å². The van der Waals surface area contributed by atoms with Gasteiger partial charge in [-0.3, -0.25) is 4.79 Å². The standard InChI is InChI=1S/C18H14O4/c1-18(2)9-8-10-6-7-11-15(20)14-12(19)4-3-5-13(14)21-17(11)16(10)22-18/h3-9,19H,1-2H3. The summed E-state index contributed by atoms with van der Waals surface area (Å²) in [5.41, 5.74) is 0.913. The minimum absolute atomic E-state index is 0.0768. The highest BCUT2D eigenvalue weighted by molar-refractivity contribution is 5.96. The second kappa shape index (κ2) is 4.13. The molecule has 1 N–H and O–H groups in total. The highest BCUT2D eigenvalue weighted by Gasteiger charge is 2.25. The van der Waals surface area contributed by atoms with Gasteiger partial charge in [0.1, 0.15) is 22.3 Å². The number of aromatic hydroxyl groups is 1. The van der Waals surface area contributed by atoms with Crippen LogP contribution < -0.4 is 10.2 Å². The van der Waals surface area contributed by atoms with Crippen molar-refractivity contribution in [2.45, 2.75) is 19.4 Å². The van der Waals surface area contributed by atoms with Crippen LogP contribution >= 0.6 is 0 Å². The highest BCUT2D eigenvalue weighted by Crippen LogP contribution is 2.38. The number of phenols is 1. The van der Waals surface area contributed by atoms with E-state index in [0.717, 1.165) is 5.56 Å². The molecule has 0 radical (unpaired) electrons. The van der Waals surface area contributed by atoms with E-state index in [4.69, 9.17) is 9.15 Å². The van der Waals surface area contributed by atoms with Crippen molar-refractivity contribution >= 4 is 28.0 Å². The van der Waals surface area contributed by atoms with Crippen LogP contribution in [0.3, 0.4) is 0 Å². The van der Waals surface area contributed by atoms with E-state index < -0.39 is 5.60 Å². The van der Waals surface area contributed by atoms with Crippen LogP contribution in [0.2, 0.25) is 0 Å². The molecular formula is C18H14O4. The average Bonchev–Trinajstić information content (AvgIpc) is 2.46. The van der Waals surface area contributed by atoms with Crippen LogP contribution in [0.25, 0.3) is 28.0 Å². The van der Waals surface area contributed by atoms with Crippen LogP contribution in [0.4, 0.5) is 0 Å². The molecule has 4 nitrogen and oxygen atoms in total. The van der Waals surface area contributed by atoms with Crippen LogP contribution in [-0.4, -0.2) is 10.7 Å². The molecule has 1 aromatic heterocycles. The van der Waals surface area contributed by atoms with Gasteiger partial charge in [-0.05, 0) is 38.1 Å². The third-order valence-electron chi connectivity index (χ3n) is 3.86. The molecule has 3 aromatic rings. The third kappa shape index (κ3) is 1.73. The fourth-order valence-corrected chi connectivity index (χ4v) is 2.76. The molecule has 0 aliphatic carbocycles. The quantitative estimate of drug-likeness (QED) is 0.640. The van der Waals surface area contributed by atoms with Gasteiger partial charge in [0.2, 0.25) is 5.43 Å². The van der Waals surface area contributed by atoms with Crippen molar-refractivity contribution in [3.05, 3.63) is 52.2 Å². The third-order valence-corrected chi connectivity index (χ3v) is 3.86. The summed E-state index contributed by atoms with van der Waals surface area (Å²) in [6, 6.07) is 8.32. The number of benzene rings is 2. The van der Waals surface area contributed by atoms with Crippen molar-refractivity contribution in [1.82, 2.24) is 0 Å². The minimum atomic E-state index is -0.465. The molecule has 2 heterocycles. The zero-order chi connectivity index (χ0) is 15.5. The van der Waals surface area contributed by atoms with Crippen molar-refractivity contribution in [3.8, 4) is 11.5 Å². The van der Waals surface area contributed by atoms with Gasteiger partial charge in [0, 0.05) is 5.56 Å². The Hall–Kier alpha value is -2.75. The first-order chi connectivity index (χ1) is 10.5. The molecule has 0 saturated heterocycles. The van der Waals surface area contributed by atoms with Crippen molar-refractivity contribution in [3.63, 3.8) is 0 Å². The molecule has 110 valence electrons. The summed E-state index contributed by atoms with van der Waals surface area (Å²) in [5, 5.41) is 10.5. The van der Waals surface area contributed by atoms with E-state index in [0.29, 0.717) is 22.3 Å². The van der Waals surface area contributed by atoms with Gasteiger partial charge in [-0.2, -0.15) is 0 Å². The second-order valence-corrected chi connectivity index (χ2v) is 5.98. The molecule has 1 aliphatic heterocycles. The molecule has 22 heavy (non-hydrogen) atoms. The zero-order valence-corrected chi connectivity index (χ0v) is 12.2. The molecule has 2 aromatic carbocycles. The van der Waals surface area contributed by atoms with E-state index in [-0.39, 0.29) is 16.6 Å². The summed E-state index contributed by atoms with van der Waals surface area (Å²) in [6.45, 7) is 3.88. The zero-order valence-electron chi connectivity index (χ0n) is 12.2. The Labute approximate surface area is 126 Å². The molecule has 4 heteroatoms. The van der Waals surface area contributed by atoms with Gasteiger partial charge in [0.25, 0.3) is 0 Å². The van der Waals surface area contributed by atoms with E-state index in [9.17, 15) is 9.90 Å². The second-order valence-electron chi connectivity index (χ2n) is 5.98. The fraction of sp³-hybridized carbons (Fsp3) is 0.167. The smallest absolute Gasteiger partial charge is 0.204 e. The summed E-state index contributed by atoms with van der Waals surface area (Å²) < 4.78 is 11.9. The lowest BCUT2D eigenvalue weighted by molar-refractivity contribution is 0.159. The lowest BCUT2D eigenvalue weighted by atomic mass is 10.0. The van der Waals surface area contributed by atoms with E-state index in [2.05, 4.69) is 0 Å². The minimum Gasteiger partial charge on any atom is -0.507 e. The number of hydrogen-bond donors (Lipinski definition) is 1. The van der Waals surface area contributed by atoms with Gasteiger partial charge in [-0.25, -0.2) is 0 Å². The maximum absolute atomic E-state index is 12.7. The average molecular weight is 294 g/mol. The Kier molecular flexibility index (Phi) is 2.43. The summed E-state index contributed by atoms with van der Waals surface area (Å²) in [7, 11) is 0. The first-order valence-electron chi connectivity index (χ1n) is 7.06. The highest BCUT2D eigenvalue weighted by atomic mass is 16.5. The lowest BCUT2D eigenvalue weighted by Crippen LogP contribution is -2.27. The van der Waals surface area contributed by atoms with Gasteiger partial charge < -0.3 is 14.3 Å². The largest absolute Gasteiger partial charge is 0.507 e. The number of hydrogen-bond acceptors (Lipinski definition) is 4. The normalized spacial score (nSPS) is 15.7. The SMILES string of the molecule is CC1(C)C=Cc2ccc3c(=O)c4c(O)cccc4oc3c2O1. The van der Waals surface area contributed by atoms with Crippen molar-refractivity contribution in [1.29, 1.82) is 0 Å². The van der Waals surface area contributed by atoms with E-state index in [1.807, 2.05) is 32.1 Å². The summed E-state index contributed by atoms with van der Waals surface area (Å²) in [5.74, 6) is 0.486. The van der Waals surface area contributed by atoms with E-state index in [1.54, 1.807) is 18.2 Å². The lowest BCUT2D eigenvalue weighted by Gasteiger charge is -2.28. The van der Waals surface area contributed by atoms with Crippen LogP contribution in [0, 0.1) is 0 Å². The molecule has 1 aliphatic rings. The predicted octanol–water partition coefficient (Wildman–Crippen LogP) is 3.84. The molecule has 4 rings (SSSR count). The number of ether oxygens (including phenoxy) is 1. The molecule has 0 atom stereocenters. The maximum Gasteiger partial charge on any atom is 0.204 e. The molecule has 0 unspecified atom stereocenters. The Morgan fingerprint density at radius 3 is 2.77 bits per heavy atom. The topological polar surface area (TPSA) is 59.7 Å². The van der Waals surface area contributed by atoms with E-state index >= 15 is 0 Å². The van der Waals surface area contributed by atoms with Crippen LogP contribution in [-0.2, 0) is 0 Å². The number of phenolic OH excluding ortho intramolecular Hbond substituents is 1. The predicted molar refractivity (Wildman–Crippen MR) is 85.4 cm³/mol. The Bertz CT molecular complexity index is 1010. The molecular weight excluding hydrogens is 280 g/mol. The van der Waals surface area contributed by atoms with Gasteiger partial charge in [0.15, 0.2) is 11.3 Å². The van der Waals surface area contributed by atoms with Crippen LogP contribution in [0.1, 0.15) is 19.4 Å². The van der Waals surface area contributed by atoms with Crippen molar-refractivity contribution in [2.75, 3.05) is 0 Å². The van der Waals surface area contributed by atoms with Crippen molar-refractivity contribution < 1.29 is 14.3 Å². The monoisotopic (exact) mass is 294 g/mol. The van der Waals surface area contributed by atoms with Gasteiger partial charge >= 0.3 is 0 Å². The number of fused-ring (bicyclic) bond motifs is 4.